The minimum absolute atomic E-state index is 0. The molecular weight excluding hydrogens is 322 g/mol. The van der Waals surface area contributed by atoms with Gasteiger partial charge in [0.1, 0.15) is 0 Å². The van der Waals surface area contributed by atoms with E-state index in [4.69, 9.17) is 0 Å². The molecule has 0 aliphatic heterocycles. The lowest BCUT2D eigenvalue weighted by molar-refractivity contribution is 0.153. The minimum Gasteiger partial charge on any atom is -0.311 e. The predicted octanol–water partition coefficient (Wildman–Crippen LogP) is 2.87. The highest BCUT2D eigenvalue weighted by Crippen LogP contribution is 2.33. The Morgan fingerprint density at radius 1 is 1.29 bits per heavy atom. The van der Waals surface area contributed by atoms with Crippen LogP contribution in [0.3, 0.4) is 0 Å². The fraction of sp³-hybridized carbons (Fsp3) is 0.556. The lowest BCUT2D eigenvalue weighted by Gasteiger charge is -2.36. The molecule has 0 aromatic carbocycles. The molecule has 1 saturated carbocycles. The number of nitrogens with zero attached hydrogens (tertiary/aromatic N) is 4. The maximum absolute atomic E-state index is 4.61. The molecule has 0 atom stereocenters. The quantitative estimate of drug-likeness (QED) is 0.871. The van der Waals surface area contributed by atoms with Crippen molar-refractivity contribution in [3.8, 4) is 11.3 Å². The van der Waals surface area contributed by atoms with Crippen LogP contribution >= 0.6 is 12.4 Å². The molecule has 0 saturated heterocycles. The Hall–Kier alpha value is -1.43. The van der Waals surface area contributed by atoms with E-state index in [1.54, 1.807) is 6.20 Å². The van der Waals surface area contributed by atoms with Gasteiger partial charge in [-0.05, 0) is 39.1 Å². The van der Waals surface area contributed by atoms with Gasteiger partial charge < -0.3 is 10.2 Å². The molecular formula is C18H28ClN5. The van der Waals surface area contributed by atoms with Crippen molar-refractivity contribution in [3.63, 3.8) is 0 Å². The van der Waals surface area contributed by atoms with Gasteiger partial charge in [0.15, 0.2) is 0 Å². The van der Waals surface area contributed by atoms with Crippen LogP contribution in [-0.4, -0.2) is 45.8 Å². The van der Waals surface area contributed by atoms with Crippen LogP contribution in [0.15, 0.2) is 30.7 Å². The number of aromatic nitrogens is 3. The van der Waals surface area contributed by atoms with E-state index in [0.717, 1.165) is 24.3 Å². The maximum atomic E-state index is 4.61. The first-order valence-corrected chi connectivity index (χ1v) is 8.42. The molecule has 3 rings (SSSR count). The molecule has 6 heteroatoms. The van der Waals surface area contributed by atoms with Gasteiger partial charge in [-0.3, -0.25) is 9.67 Å². The number of aryl methyl sites for hydroxylation is 1. The zero-order chi connectivity index (χ0) is 16.3. The summed E-state index contributed by atoms with van der Waals surface area (Å²) in [4.78, 5) is 6.61. The van der Waals surface area contributed by atoms with Crippen molar-refractivity contribution in [2.24, 2.45) is 7.05 Å². The van der Waals surface area contributed by atoms with Gasteiger partial charge in [-0.25, -0.2) is 0 Å². The van der Waals surface area contributed by atoms with E-state index in [9.17, 15) is 0 Å². The Morgan fingerprint density at radius 2 is 2.04 bits per heavy atom. The maximum Gasteiger partial charge on any atom is 0.0983 e. The third-order valence-electron chi connectivity index (χ3n) is 5.09. The van der Waals surface area contributed by atoms with Gasteiger partial charge in [0.05, 0.1) is 5.69 Å². The Bertz CT molecular complexity index is 632. The molecule has 1 N–H and O–H groups in total. The van der Waals surface area contributed by atoms with Gasteiger partial charge in [0.25, 0.3) is 0 Å². The van der Waals surface area contributed by atoms with Crippen LogP contribution < -0.4 is 5.32 Å². The average Bonchev–Trinajstić information content (AvgIpc) is 3.16. The molecule has 24 heavy (non-hydrogen) atoms. The normalized spacial score (nSPS) is 16.3. The molecule has 132 valence electrons. The second kappa shape index (κ2) is 8.10. The summed E-state index contributed by atoms with van der Waals surface area (Å²) in [7, 11) is 6.39. The summed E-state index contributed by atoms with van der Waals surface area (Å²) in [6.45, 7) is 1.87. The standard InChI is InChI=1S/C18H27N5.ClH/c1-22(2)18(8-4-5-9-18)14-20-12-16-13-23(3)21-17(16)15-7-6-10-19-11-15;/h6-7,10-11,13,20H,4-5,8-9,12,14H2,1-3H3;1H. The van der Waals surface area contributed by atoms with Crippen molar-refractivity contribution in [2.45, 2.75) is 37.8 Å². The zero-order valence-electron chi connectivity index (χ0n) is 14.8. The molecule has 0 bridgehead atoms. The molecule has 2 aromatic rings. The van der Waals surface area contributed by atoms with Crippen LogP contribution in [0.5, 0.6) is 0 Å². The van der Waals surface area contributed by atoms with E-state index in [0.29, 0.717) is 5.54 Å². The van der Waals surface area contributed by atoms with Crippen LogP contribution in [0.25, 0.3) is 11.3 Å². The Labute approximate surface area is 150 Å². The SMILES string of the molecule is CN(C)C1(CNCc2cn(C)nc2-c2cccnc2)CCCC1.Cl. The lowest BCUT2D eigenvalue weighted by atomic mass is 9.96. The molecule has 1 aliphatic rings. The first kappa shape index (κ1) is 18.9. The second-order valence-electron chi connectivity index (χ2n) is 6.85. The van der Waals surface area contributed by atoms with Gasteiger partial charge in [0.2, 0.25) is 0 Å². The summed E-state index contributed by atoms with van der Waals surface area (Å²) in [5, 5.41) is 8.28. The van der Waals surface area contributed by atoms with Crippen LogP contribution in [-0.2, 0) is 13.6 Å². The summed E-state index contributed by atoms with van der Waals surface area (Å²) < 4.78 is 1.89. The number of halogens is 1. The van der Waals surface area contributed by atoms with E-state index in [2.05, 4.69) is 46.7 Å². The summed E-state index contributed by atoms with van der Waals surface area (Å²) >= 11 is 0. The first-order valence-electron chi connectivity index (χ1n) is 8.42. The third kappa shape index (κ3) is 3.97. The summed E-state index contributed by atoms with van der Waals surface area (Å²) in [6, 6.07) is 4.03. The van der Waals surface area contributed by atoms with E-state index >= 15 is 0 Å². The molecule has 0 spiro atoms. The highest BCUT2D eigenvalue weighted by atomic mass is 35.5. The molecule has 5 nitrogen and oxygen atoms in total. The molecule has 0 amide bonds. The number of nitrogens with one attached hydrogen (secondary N) is 1. The molecule has 2 aromatic heterocycles. The predicted molar refractivity (Wildman–Crippen MR) is 100 cm³/mol. The van der Waals surface area contributed by atoms with E-state index in [-0.39, 0.29) is 12.4 Å². The number of rotatable bonds is 6. The van der Waals surface area contributed by atoms with E-state index < -0.39 is 0 Å². The molecule has 1 aliphatic carbocycles. The van der Waals surface area contributed by atoms with Gasteiger partial charge in [-0.1, -0.05) is 12.8 Å². The van der Waals surface area contributed by atoms with Crippen molar-refractivity contribution in [2.75, 3.05) is 20.6 Å². The fourth-order valence-corrected chi connectivity index (χ4v) is 3.66. The van der Waals surface area contributed by atoms with E-state index in [1.807, 2.05) is 24.0 Å². The van der Waals surface area contributed by atoms with Crippen LogP contribution in [0, 0.1) is 0 Å². The molecule has 0 radical (unpaired) electrons. The molecule has 0 unspecified atom stereocenters. The summed E-state index contributed by atoms with van der Waals surface area (Å²) in [5.41, 5.74) is 3.65. The topological polar surface area (TPSA) is 46.0 Å². The van der Waals surface area contributed by atoms with E-state index in [1.165, 1.54) is 31.2 Å². The van der Waals surface area contributed by atoms with Crippen molar-refractivity contribution in [3.05, 3.63) is 36.3 Å². The third-order valence-corrected chi connectivity index (χ3v) is 5.09. The minimum atomic E-state index is 0. The summed E-state index contributed by atoms with van der Waals surface area (Å²) in [6.07, 6.45) is 11.0. The Kier molecular flexibility index (Phi) is 6.38. The van der Waals surface area contributed by atoms with Crippen molar-refractivity contribution >= 4 is 12.4 Å². The number of likely N-dealkylation sites (N-methyl/N-ethyl adjacent to an activating group) is 1. The van der Waals surface area contributed by atoms with Crippen molar-refractivity contribution in [1.29, 1.82) is 0 Å². The number of pyridine rings is 1. The molecule has 2 heterocycles. The van der Waals surface area contributed by atoms with Crippen molar-refractivity contribution < 1.29 is 0 Å². The monoisotopic (exact) mass is 349 g/mol. The van der Waals surface area contributed by atoms with Gasteiger partial charge in [0, 0.05) is 55.4 Å². The van der Waals surface area contributed by atoms with Crippen LogP contribution in [0.1, 0.15) is 31.2 Å². The highest BCUT2D eigenvalue weighted by molar-refractivity contribution is 5.85. The lowest BCUT2D eigenvalue weighted by Crippen LogP contribution is -2.49. The first-order chi connectivity index (χ1) is 11.1. The highest BCUT2D eigenvalue weighted by Gasteiger charge is 2.35. The number of hydrogen-bond acceptors (Lipinski definition) is 4. The largest absolute Gasteiger partial charge is 0.311 e. The summed E-state index contributed by atoms with van der Waals surface area (Å²) in [5.74, 6) is 0. The van der Waals surface area contributed by atoms with Gasteiger partial charge in [-0.15, -0.1) is 12.4 Å². The fourth-order valence-electron chi connectivity index (χ4n) is 3.66. The van der Waals surface area contributed by atoms with Gasteiger partial charge >= 0.3 is 0 Å². The zero-order valence-corrected chi connectivity index (χ0v) is 15.6. The van der Waals surface area contributed by atoms with Gasteiger partial charge in [-0.2, -0.15) is 5.10 Å². The second-order valence-corrected chi connectivity index (χ2v) is 6.85. The Morgan fingerprint density at radius 3 is 2.67 bits per heavy atom. The average molecular weight is 350 g/mol. The van der Waals surface area contributed by atoms with Crippen LogP contribution in [0.2, 0.25) is 0 Å². The van der Waals surface area contributed by atoms with Crippen LogP contribution in [0.4, 0.5) is 0 Å². The smallest absolute Gasteiger partial charge is 0.0983 e. The van der Waals surface area contributed by atoms with Crippen molar-refractivity contribution in [1.82, 2.24) is 25.0 Å². The Balaban J connectivity index is 0.00000208. The molecule has 1 fully saturated rings. The number of hydrogen-bond donors (Lipinski definition) is 1.